The number of nitrogens with one attached hydrogen (secondary N) is 2. The highest BCUT2D eigenvalue weighted by Gasteiger charge is 2.43. The van der Waals surface area contributed by atoms with Crippen LogP contribution in [-0.2, 0) is 4.74 Å². The Morgan fingerprint density at radius 1 is 1.14 bits per heavy atom. The highest BCUT2D eigenvalue weighted by molar-refractivity contribution is 7.80. The van der Waals surface area contributed by atoms with E-state index in [0.29, 0.717) is 0 Å². The van der Waals surface area contributed by atoms with E-state index in [2.05, 4.69) is 10.6 Å². The van der Waals surface area contributed by atoms with E-state index in [1.54, 1.807) is 12.1 Å². The minimum absolute atomic E-state index is 0.169. The van der Waals surface area contributed by atoms with Crippen LogP contribution in [0.4, 0.5) is 5.69 Å². The van der Waals surface area contributed by atoms with E-state index in [4.69, 9.17) is 22.1 Å². The Bertz CT molecular complexity index is 475. The molecule has 0 bridgehead atoms. The quantitative estimate of drug-likeness (QED) is 0.385. The lowest BCUT2D eigenvalue weighted by Gasteiger charge is -2.40. The topological polar surface area (TPSA) is 114 Å². The van der Waals surface area contributed by atoms with Crippen LogP contribution in [0.5, 0.6) is 0 Å². The van der Waals surface area contributed by atoms with Gasteiger partial charge in [0.15, 0.2) is 11.4 Å². The molecule has 1 saturated heterocycles. The largest absolute Gasteiger partial charge is 0.394 e. The van der Waals surface area contributed by atoms with Crippen LogP contribution in [0.2, 0.25) is 0 Å². The number of rotatable bonds is 3. The van der Waals surface area contributed by atoms with E-state index in [-0.39, 0.29) is 5.11 Å². The molecule has 0 spiro atoms. The van der Waals surface area contributed by atoms with Crippen molar-refractivity contribution >= 4 is 23.0 Å². The molecule has 1 aliphatic rings. The van der Waals surface area contributed by atoms with E-state index in [1.165, 1.54) is 0 Å². The highest BCUT2D eigenvalue weighted by Crippen LogP contribution is 2.19. The number of hydrogen-bond acceptors (Lipinski definition) is 6. The predicted molar refractivity (Wildman–Crippen MR) is 79.6 cm³/mol. The normalized spacial score (nSPS) is 32.5. The Hall–Kier alpha value is -1.29. The average molecular weight is 314 g/mol. The van der Waals surface area contributed by atoms with Crippen LogP contribution in [0.15, 0.2) is 30.3 Å². The lowest BCUT2D eigenvalue weighted by Crippen LogP contribution is -2.64. The van der Waals surface area contributed by atoms with Gasteiger partial charge in [0.1, 0.15) is 24.4 Å². The first kappa shape index (κ1) is 16.1. The monoisotopic (exact) mass is 314 g/mol. The SMILES string of the molecule is OC[C@@H]1O[C@H](O)[C@@H](NC(=S)Nc2ccccc2)[C@@H](O)[C@@H]1O. The van der Waals surface area contributed by atoms with E-state index in [0.717, 1.165) is 5.69 Å². The van der Waals surface area contributed by atoms with Gasteiger partial charge in [-0.05, 0) is 24.4 Å². The van der Waals surface area contributed by atoms with Gasteiger partial charge in [-0.2, -0.15) is 0 Å². The minimum Gasteiger partial charge on any atom is -0.394 e. The summed E-state index contributed by atoms with van der Waals surface area (Å²) >= 11 is 5.09. The Balaban J connectivity index is 1.96. The summed E-state index contributed by atoms with van der Waals surface area (Å²) in [6.45, 7) is -0.505. The lowest BCUT2D eigenvalue weighted by molar-refractivity contribution is -0.251. The summed E-state index contributed by atoms with van der Waals surface area (Å²) in [5.74, 6) is 0. The van der Waals surface area contributed by atoms with Gasteiger partial charge < -0.3 is 35.8 Å². The second-order valence-corrected chi connectivity index (χ2v) is 5.13. The molecule has 0 unspecified atom stereocenters. The molecule has 1 heterocycles. The highest BCUT2D eigenvalue weighted by atomic mass is 32.1. The lowest BCUT2D eigenvalue weighted by atomic mass is 9.97. The molecule has 6 N–H and O–H groups in total. The van der Waals surface area contributed by atoms with Crippen LogP contribution in [-0.4, -0.2) is 62.8 Å². The van der Waals surface area contributed by atoms with Gasteiger partial charge in [-0.3, -0.25) is 0 Å². The van der Waals surface area contributed by atoms with Crippen molar-refractivity contribution in [2.75, 3.05) is 11.9 Å². The molecule has 116 valence electrons. The van der Waals surface area contributed by atoms with Gasteiger partial charge in [0.25, 0.3) is 0 Å². The van der Waals surface area contributed by atoms with Gasteiger partial charge in [0.2, 0.25) is 0 Å². The molecule has 0 saturated carbocycles. The fourth-order valence-corrected chi connectivity index (χ4v) is 2.35. The molecule has 1 aliphatic heterocycles. The molecule has 1 aromatic carbocycles. The van der Waals surface area contributed by atoms with E-state index in [9.17, 15) is 15.3 Å². The first-order valence-corrected chi connectivity index (χ1v) is 6.87. The van der Waals surface area contributed by atoms with Crippen molar-refractivity contribution in [3.8, 4) is 0 Å². The standard InChI is InChI=1S/C13H18N2O5S/c16-6-8-10(17)11(18)9(12(19)20-8)15-13(21)14-7-4-2-1-3-5-7/h1-5,8-12,16-19H,6H2,(H2,14,15,21)/t8-,9-,10+,11+,12-/m0/s1. The zero-order valence-electron chi connectivity index (χ0n) is 11.1. The van der Waals surface area contributed by atoms with Crippen molar-refractivity contribution in [1.82, 2.24) is 5.32 Å². The van der Waals surface area contributed by atoms with Gasteiger partial charge in [0.05, 0.1) is 6.61 Å². The average Bonchev–Trinajstić information content (AvgIpc) is 2.48. The summed E-state index contributed by atoms with van der Waals surface area (Å²) in [4.78, 5) is 0. The third kappa shape index (κ3) is 3.88. The number of aliphatic hydroxyl groups is 4. The molecule has 1 fully saturated rings. The second kappa shape index (κ2) is 7.12. The number of benzene rings is 1. The Morgan fingerprint density at radius 2 is 1.81 bits per heavy atom. The third-order valence-electron chi connectivity index (χ3n) is 3.23. The Kier molecular flexibility index (Phi) is 5.45. The maximum atomic E-state index is 9.97. The number of aliphatic hydroxyl groups excluding tert-OH is 4. The molecule has 0 radical (unpaired) electrons. The number of hydrogen-bond donors (Lipinski definition) is 6. The van der Waals surface area contributed by atoms with Crippen molar-refractivity contribution in [2.24, 2.45) is 0 Å². The molecule has 5 atom stereocenters. The number of thiocarbonyl (C=S) groups is 1. The van der Waals surface area contributed by atoms with Crippen LogP contribution in [0.3, 0.4) is 0 Å². The van der Waals surface area contributed by atoms with Crippen LogP contribution >= 0.6 is 12.2 Å². The Morgan fingerprint density at radius 3 is 2.43 bits per heavy atom. The van der Waals surface area contributed by atoms with Crippen LogP contribution in [0.1, 0.15) is 0 Å². The predicted octanol–water partition coefficient (Wildman–Crippen LogP) is -1.23. The molecular weight excluding hydrogens is 296 g/mol. The van der Waals surface area contributed by atoms with Crippen LogP contribution in [0.25, 0.3) is 0 Å². The van der Waals surface area contributed by atoms with E-state index < -0.39 is 37.3 Å². The molecule has 0 aliphatic carbocycles. The molecule has 7 nitrogen and oxygen atoms in total. The van der Waals surface area contributed by atoms with E-state index >= 15 is 0 Å². The van der Waals surface area contributed by atoms with Crippen molar-refractivity contribution in [3.63, 3.8) is 0 Å². The maximum absolute atomic E-state index is 9.97. The number of ether oxygens (including phenoxy) is 1. The maximum Gasteiger partial charge on any atom is 0.178 e. The minimum atomic E-state index is -1.41. The summed E-state index contributed by atoms with van der Waals surface area (Å²) in [6, 6.07) is 8.10. The first-order chi connectivity index (χ1) is 10.0. The molecule has 21 heavy (non-hydrogen) atoms. The number of para-hydroxylation sites is 1. The van der Waals surface area contributed by atoms with Gasteiger partial charge in [-0.25, -0.2) is 0 Å². The van der Waals surface area contributed by atoms with Gasteiger partial charge in [-0.1, -0.05) is 18.2 Å². The summed E-state index contributed by atoms with van der Waals surface area (Å²) in [5.41, 5.74) is 0.740. The summed E-state index contributed by atoms with van der Waals surface area (Å²) in [5, 5.41) is 44.3. The molecule has 0 aromatic heterocycles. The summed E-state index contributed by atoms with van der Waals surface area (Å²) in [6.07, 6.45) is -5.10. The smallest absolute Gasteiger partial charge is 0.178 e. The molecular formula is C13H18N2O5S. The fraction of sp³-hybridized carbons (Fsp3) is 0.462. The molecule has 1 aromatic rings. The summed E-state index contributed by atoms with van der Waals surface area (Å²) in [7, 11) is 0. The van der Waals surface area contributed by atoms with Crippen molar-refractivity contribution in [2.45, 2.75) is 30.6 Å². The zero-order chi connectivity index (χ0) is 15.4. The molecule has 8 heteroatoms. The molecule has 0 amide bonds. The zero-order valence-corrected chi connectivity index (χ0v) is 11.9. The molecule has 2 rings (SSSR count). The van der Waals surface area contributed by atoms with Gasteiger partial charge >= 0.3 is 0 Å². The van der Waals surface area contributed by atoms with E-state index in [1.807, 2.05) is 18.2 Å². The Labute approximate surface area is 127 Å². The van der Waals surface area contributed by atoms with Gasteiger partial charge in [0, 0.05) is 5.69 Å². The van der Waals surface area contributed by atoms with Gasteiger partial charge in [-0.15, -0.1) is 0 Å². The van der Waals surface area contributed by atoms with Crippen LogP contribution in [0, 0.1) is 0 Å². The van der Waals surface area contributed by atoms with Crippen molar-refractivity contribution in [1.29, 1.82) is 0 Å². The van der Waals surface area contributed by atoms with Crippen molar-refractivity contribution < 1.29 is 25.2 Å². The first-order valence-electron chi connectivity index (χ1n) is 6.46. The van der Waals surface area contributed by atoms with Crippen molar-refractivity contribution in [3.05, 3.63) is 30.3 Å². The number of anilines is 1. The van der Waals surface area contributed by atoms with Crippen LogP contribution < -0.4 is 10.6 Å². The second-order valence-electron chi connectivity index (χ2n) is 4.72. The fourth-order valence-electron chi connectivity index (χ4n) is 2.09. The third-order valence-corrected chi connectivity index (χ3v) is 3.45. The summed E-state index contributed by atoms with van der Waals surface area (Å²) < 4.78 is 5.03.